The molecule has 114 valence electrons. The predicted molar refractivity (Wildman–Crippen MR) is 81.2 cm³/mol. The average molecular weight is 321 g/mol. The molecule has 1 N–H and O–H groups in total. The first-order chi connectivity index (χ1) is 8.95. The van der Waals surface area contributed by atoms with Gasteiger partial charge in [0.1, 0.15) is 5.75 Å². The van der Waals surface area contributed by atoms with Crippen molar-refractivity contribution in [3.8, 4) is 5.75 Å². The molecule has 7 heteroatoms. The highest BCUT2D eigenvalue weighted by Gasteiger charge is 2.28. The molecular weight excluding hydrogens is 300 g/mol. The number of rotatable bonds is 3. The van der Waals surface area contributed by atoms with Gasteiger partial charge in [0.15, 0.2) is 0 Å². The molecule has 2 rings (SSSR count). The van der Waals surface area contributed by atoms with Crippen LogP contribution in [0.15, 0.2) is 23.1 Å². The fourth-order valence-corrected chi connectivity index (χ4v) is 3.89. The highest BCUT2D eigenvalue weighted by molar-refractivity contribution is 7.89. The highest BCUT2D eigenvalue weighted by Crippen LogP contribution is 2.24. The quantitative estimate of drug-likeness (QED) is 0.915. The SMILES string of the molecule is COc1ccc(S(=O)(=O)N2CCN[C@@H](C)C2)cc1C.Cl. The fourth-order valence-electron chi connectivity index (χ4n) is 2.28. The molecule has 20 heavy (non-hydrogen) atoms. The van der Waals surface area contributed by atoms with E-state index in [1.54, 1.807) is 25.3 Å². The summed E-state index contributed by atoms with van der Waals surface area (Å²) in [5, 5.41) is 3.24. The zero-order valence-electron chi connectivity index (χ0n) is 11.9. The van der Waals surface area contributed by atoms with Crippen molar-refractivity contribution in [1.29, 1.82) is 0 Å². The third-order valence-corrected chi connectivity index (χ3v) is 5.20. The Morgan fingerprint density at radius 3 is 2.65 bits per heavy atom. The van der Waals surface area contributed by atoms with Crippen LogP contribution in [0.2, 0.25) is 0 Å². The first-order valence-electron chi connectivity index (χ1n) is 6.33. The minimum absolute atomic E-state index is 0. The molecule has 0 bridgehead atoms. The van der Waals surface area contributed by atoms with E-state index in [-0.39, 0.29) is 18.4 Å². The minimum atomic E-state index is -3.40. The first-order valence-corrected chi connectivity index (χ1v) is 7.77. The van der Waals surface area contributed by atoms with Gasteiger partial charge in [-0.2, -0.15) is 4.31 Å². The summed E-state index contributed by atoms with van der Waals surface area (Å²) in [5.74, 6) is 0.702. The van der Waals surface area contributed by atoms with Crippen LogP contribution in [0.3, 0.4) is 0 Å². The van der Waals surface area contributed by atoms with Crippen LogP contribution in [-0.4, -0.2) is 45.5 Å². The number of benzene rings is 1. The van der Waals surface area contributed by atoms with E-state index in [9.17, 15) is 8.42 Å². The lowest BCUT2D eigenvalue weighted by atomic mass is 10.2. The van der Waals surface area contributed by atoms with Crippen molar-refractivity contribution in [2.24, 2.45) is 0 Å². The smallest absolute Gasteiger partial charge is 0.243 e. The van der Waals surface area contributed by atoms with Gasteiger partial charge >= 0.3 is 0 Å². The number of hydrogen-bond donors (Lipinski definition) is 1. The van der Waals surface area contributed by atoms with Crippen LogP contribution >= 0.6 is 12.4 Å². The van der Waals surface area contributed by atoms with E-state index in [0.29, 0.717) is 30.3 Å². The lowest BCUT2D eigenvalue weighted by Gasteiger charge is -2.31. The second-order valence-electron chi connectivity index (χ2n) is 4.85. The van der Waals surface area contributed by atoms with Crippen molar-refractivity contribution in [3.05, 3.63) is 23.8 Å². The summed E-state index contributed by atoms with van der Waals surface area (Å²) in [6, 6.07) is 5.16. The van der Waals surface area contributed by atoms with Gasteiger partial charge in [-0.15, -0.1) is 12.4 Å². The Balaban J connectivity index is 0.00000200. The third kappa shape index (κ3) is 3.44. The number of piperazine rings is 1. The van der Waals surface area contributed by atoms with Crippen molar-refractivity contribution < 1.29 is 13.2 Å². The van der Waals surface area contributed by atoms with Crippen molar-refractivity contribution >= 4 is 22.4 Å². The molecule has 5 nitrogen and oxygen atoms in total. The number of nitrogens with zero attached hydrogens (tertiary/aromatic N) is 1. The Labute approximate surface area is 126 Å². The van der Waals surface area contributed by atoms with Gasteiger partial charge in [-0.25, -0.2) is 8.42 Å². The molecule has 1 aliphatic rings. The summed E-state index contributed by atoms with van der Waals surface area (Å²) in [5.41, 5.74) is 0.826. The fraction of sp³-hybridized carbons (Fsp3) is 0.538. The van der Waals surface area contributed by atoms with Gasteiger partial charge in [-0.1, -0.05) is 0 Å². The van der Waals surface area contributed by atoms with E-state index in [2.05, 4.69) is 5.32 Å². The van der Waals surface area contributed by atoms with E-state index >= 15 is 0 Å². The van der Waals surface area contributed by atoms with Crippen LogP contribution in [0.4, 0.5) is 0 Å². The van der Waals surface area contributed by atoms with Crippen LogP contribution in [0, 0.1) is 6.92 Å². The number of aryl methyl sites for hydroxylation is 1. The Morgan fingerprint density at radius 1 is 1.40 bits per heavy atom. The molecule has 1 heterocycles. The van der Waals surface area contributed by atoms with Gasteiger partial charge in [0, 0.05) is 25.7 Å². The molecule has 0 amide bonds. The lowest BCUT2D eigenvalue weighted by molar-refractivity contribution is 0.310. The van der Waals surface area contributed by atoms with E-state index in [1.165, 1.54) is 4.31 Å². The van der Waals surface area contributed by atoms with Gasteiger partial charge in [-0.05, 0) is 37.6 Å². The molecule has 1 saturated heterocycles. The van der Waals surface area contributed by atoms with Gasteiger partial charge in [0.05, 0.1) is 12.0 Å². The van der Waals surface area contributed by atoms with Crippen LogP contribution in [0.5, 0.6) is 5.75 Å². The number of halogens is 1. The summed E-state index contributed by atoms with van der Waals surface area (Å²) in [4.78, 5) is 0.333. The van der Waals surface area contributed by atoms with E-state index < -0.39 is 10.0 Å². The van der Waals surface area contributed by atoms with Crippen LogP contribution < -0.4 is 10.1 Å². The number of hydrogen-bond acceptors (Lipinski definition) is 4. The maximum atomic E-state index is 12.5. The molecule has 0 radical (unpaired) electrons. The molecule has 0 spiro atoms. The predicted octanol–water partition coefficient (Wildman–Crippen LogP) is 1.41. The maximum absolute atomic E-state index is 12.5. The molecule has 0 aliphatic carbocycles. The van der Waals surface area contributed by atoms with Crippen molar-refractivity contribution in [2.45, 2.75) is 24.8 Å². The maximum Gasteiger partial charge on any atom is 0.243 e. The second-order valence-corrected chi connectivity index (χ2v) is 6.79. The number of nitrogens with one attached hydrogen (secondary N) is 1. The summed E-state index contributed by atoms with van der Waals surface area (Å²) in [6.07, 6.45) is 0. The summed E-state index contributed by atoms with van der Waals surface area (Å²) < 4.78 is 31.8. The monoisotopic (exact) mass is 320 g/mol. The normalized spacial score (nSPS) is 20.2. The molecular formula is C13H21ClN2O3S. The second kappa shape index (κ2) is 6.76. The number of ether oxygens (including phenoxy) is 1. The summed E-state index contributed by atoms with van der Waals surface area (Å²) in [7, 11) is -1.83. The highest BCUT2D eigenvalue weighted by atomic mass is 35.5. The number of methoxy groups -OCH3 is 1. The van der Waals surface area contributed by atoms with E-state index in [4.69, 9.17) is 4.74 Å². The molecule has 1 aromatic rings. The molecule has 0 saturated carbocycles. The average Bonchev–Trinajstić information content (AvgIpc) is 2.38. The minimum Gasteiger partial charge on any atom is -0.496 e. The van der Waals surface area contributed by atoms with E-state index in [0.717, 1.165) is 5.56 Å². The van der Waals surface area contributed by atoms with E-state index in [1.807, 2.05) is 13.8 Å². The third-order valence-electron chi connectivity index (χ3n) is 3.34. The largest absolute Gasteiger partial charge is 0.496 e. The van der Waals surface area contributed by atoms with Crippen LogP contribution in [-0.2, 0) is 10.0 Å². The van der Waals surface area contributed by atoms with Crippen molar-refractivity contribution in [3.63, 3.8) is 0 Å². The Kier molecular flexibility index (Phi) is 5.82. The standard InChI is InChI=1S/C13H20N2O3S.ClH/c1-10-8-12(4-5-13(10)18-3)19(16,17)15-7-6-14-11(2)9-15;/h4-5,8,11,14H,6-7,9H2,1-3H3;1H/t11-;/m0./s1. The summed E-state index contributed by atoms with van der Waals surface area (Å²) in [6.45, 7) is 5.54. The van der Waals surface area contributed by atoms with Gasteiger partial charge < -0.3 is 10.1 Å². The Morgan fingerprint density at radius 2 is 2.10 bits per heavy atom. The molecule has 0 unspecified atom stereocenters. The lowest BCUT2D eigenvalue weighted by Crippen LogP contribution is -2.51. The van der Waals surface area contributed by atoms with Crippen LogP contribution in [0.1, 0.15) is 12.5 Å². The van der Waals surface area contributed by atoms with Gasteiger partial charge in [-0.3, -0.25) is 0 Å². The molecule has 1 atom stereocenters. The Hall–Kier alpha value is -0.820. The molecule has 1 fully saturated rings. The molecule has 1 aromatic carbocycles. The zero-order valence-corrected chi connectivity index (χ0v) is 13.6. The molecule has 1 aliphatic heterocycles. The first kappa shape index (κ1) is 17.2. The number of sulfonamides is 1. The van der Waals surface area contributed by atoms with Gasteiger partial charge in [0.25, 0.3) is 0 Å². The van der Waals surface area contributed by atoms with Crippen molar-refractivity contribution in [1.82, 2.24) is 9.62 Å². The van der Waals surface area contributed by atoms with Crippen molar-refractivity contribution in [2.75, 3.05) is 26.7 Å². The topological polar surface area (TPSA) is 58.6 Å². The van der Waals surface area contributed by atoms with Gasteiger partial charge in [0.2, 0.25) is 10.0 Å². The molecule has 0 aromatic heterocycles. The summed E-state index contributed by atoms with van der Waals surface area (Å²) >= 11 is 0. The Bertz CT molecular complexity index is 563. The van der Waals surface area contributed by atoms with Crippen LogP contribution in [0.25, 0.3) is 0 Å². The zero-order chi connectivity index (χ0) is 14.0.